The van der Waals surface area contributed by atoms with Crippen molar-refractivity contribution < 1.29 is 14.5 Å². The van der Waals surface area contributed by atoms with Gasteiger partial charge in [-0.05, 0) is 36.2 Å². The van der Waals surface area contributed by atoms with Crippen molar-refractivity contribution in [1.82, 2.24) is 5.32 Å². The summed E-state index contributed by atoms with van der Waals surface area (Å²) in [6.07, 6.45) is 0. The lowest BCUT2D eigenvalue weighted by Crippen LogP contribution is -3.11. The molecule has 0 fully saturated rings. The summed E-state index contributed by atoms with van der Waals surface area (Å²) in [6.45, 7) is 2.86. The number of likely N-dealkylation sites (N-methyl/N-ethyl adjacent to an activating group) is 1. The van der Waals surface area contributed by atoms with Gasteiger partial charge in [0.05, 0.1) is 17.1 Å². The highest BCUT2D eigenvalue weighted by molar-refractivity contribution is 6.42. The number of hydrogen-bond donors (Lipinski definition) is 3. The zero-order valence-corrected chi connectivity index (χ0v) is 16.2. The second-order valence-electron chi connectivity index (χ2n) is 6.19. The minimum absolute atomic E-state index is 0.104. The largest absolute Gasteiger partial charge is 0.347 e. The summed E-state index contributed by atoms with van der Waals surface area (Å²) in [5.41, 5.74) is 2.78. The minimum Gasteiger partial charge on any atom is -0.347 e. The first-order valence-corrected chi connectivity index (χ1v) is 8.98. The summed E-state index contributed by atoms with van der Waals surface area (Å²) in [4.78, 5) is 24.9. The Morgan fingerprint density at radius 1 is 1.00 bits per heavy atom. The number of hydrogen-bond acceptors (Lipinski definition) is 2. The second kappa shape index (κ2) is 9.57. The van der Waals surface area contributed by atoms with Crippen molar-refractivity contribution in [3.63, 3.8) is 0 Å². The van der Waals surface area contributed by atoms with Crippen LogP contribution in [-0.2, 0) is 16.1 Å². The van der Waals surface area contributed by atoms with E-state index in [0.717, 1.165) is 16.0 Å². The molecule has 0 aliphatic heterocycles. The van der Waals surface area contributed by atoms with E-state index >= 15 is 0 Å². The van der Waals surface area contributed by atoms with Crippen molar-refractivity contribution in [2.45, 2.75) is 13.5 Å². The number of quaternary nitrogens is 1. The first-order chi connectivity index (χ1) is 12.3. The third-order valence-electron chi connectivity index (χ3n) is 3.87. The van der Waals surface area contributed by atoms with Crippen LogP contribution >= 0.6 is 23.2 Å². The van der Waals surface area contributed by atoms with E-state index in [1.165, 1.54) is 0 Å². The number of halogens is 2. The van der Waals surface area contributed by atoms with Crippen molar-refractivity contribution in [2.75, 3.05) is 25.5 Å². The Hall–Kier alpha value is -2.08. The summed E-state index contributed by atoms with van der Waals surface area (Å²) in [5, 5.41) is 6.43. The number of carbonyl (C=O) groups is 2. The maximum atomic E-state index is 12.1. The lowest BCUT2D eigenvalue weighted by atomic mass is 10.1. The van der Waals surface area contributed by atoms with Gasteiger partial charge in [-0.15, -0.1) is 0 Å². The van der Waals surface area contributed by atoms with E-state index in [1.54, 1.807) is 25.2 Å². The average Bonchev–Trinajstić information content (AvgIpc) is 2.57. The van der Waals surface area contributed by atoms with Gasteiger partial charge in [-0.1, -0.05) is 47.5 Å². The van der Waals surface area contributed by atoms with Crippen molar-refractivity contribution in [3.8, 4) is 0 Å². The molecule has 0 heterocycles. The van der Waals surface area contributed by atoms with Gasteiger partial charge < -0.3 is 15.5 Å². The molecule has 0 radical (unpaired) electrons. The van der Waals surface area contributed by atoms with Gasteiger partial charge in [-0.2, -0.15) is 0 Å². The summed E-state index contributed by atoms with van der Waals surface area (Å²) in [6, 6.07) is 12.8. The molecule has 3 N–H and O–H groups in total. The normalized spacial score (nSPS) is 11.7. The van der Waals surface area contributed by atoms with Crippen LogP contribution in [0.4, 0.5) is 5.69 Å². The Morgan fingerprint density at radius 2 is 1.69 bits per heavy atom. The molecule has 0 saturated carbocycles. The molecular formula is C19H22Cl2N3O2+. The lowest BCUT2D eigenvalue weighted by molar-refractivity contribution is -0.862. The first kappa shape index (κ1) is 20.2. The molecule has 0 spiro atoms. The zero-order chi connectivity index (χ0) is 19.1. The molecule has 0 bridgehead atoms. The Morgan fingerprint density at radius 3 is 2.38 bits per heavy atom. The Balaban J connectivity index is 1.77. The molecule has 7 heteroatoms. The Labute approximate surface area is 163 Å². The predicted octanol–water partition coefficient (Wildman–Crippen LogP) is 2.07. The monoisotopic (exact) mass is 394 g/mol. The van der Waals surface area contributed by atoms with Crippen LogP contribution in [0, 0.1) is 6.92 Å². The van der Waals surface area contributed by atoms with Crippen LogP contribution in [0.5, 0.6) is 0 Å². The highest BCUT2D eigenvalue weighted by Gasteiger charge is 2.14. The summed E-state index contributed by atoms with van der Waals surface area (Å²) in [7, 11) is 1.79. The van der Waals surface area contributed by atoms with E-state index in [4.69, 9.17) is 23.2 Å². The molecule has 26 heavy (non-hydrogen) atoms. The highest BCUT2D eigenvalue weighted by Crippen LogP contribution is 2.24. The SMILES string of the molecule is Cc1ccccc1CNC(=O)C[NH+](C)CC(=O)Nc1ccc(Cl)c(Cl)c1. The van der Waals surface area contributed by atoms with Crippen molar-refractivity contribution in [1.29, 1.82) is 0 Å². The smallest absolute Gasteiger partial charge is 0.279 e. The predicted molar refractivity (Wildman–Crippen MR) is 105 cm³/mol. The van der Waals surface area contributed by atoms with Crippen molar-refractivity contribution >= 4 is 40.7 Å². The fourth-order valence-corrected chi connectivity index (χ4v) is 2.75. The Bertz CT molecular complexity index is 796. The highest BCUT2D eigenvalue weighted by atomic mass is 35.5. The van der Waals surface area contributed by atoms with Gasteiger partial charge >= 0.3 is 0 Å². The molecule has 2 rings (SSSR count). The summed E-state index contributed by atoms with van der Waals surface area (Å²) in [5.74, 6) is -0.305. The van der Waals surface area contributed by atoms with Gasteiger partial charge in [0.25, 0.3) is 11.8 Å². The van der Waals surface area contributed by atoms with Gasteiger partial charge in [0.1, 0.15) is 0 Å². The molecule has 0 aromatic heterocycles. The van der Waals surface area contributed by atoms with Crippen molar-refractivity contribution in [3.05, 3.63) is 63.6 Å². The average molecular weight is 395 g/mol. The van der Waals surface area contributed by atoms with Gasteiger partial charge in [-0.3, -0.25) is 9.59 Å². The van der Waals surface area contributed by atoms with Crippen LogP contribution < -0.4 is 15.5 Å². The van der Waals surface area contributed by atoms with E-state index in [9.17, 15) is 9.59 Å². The zero-order valence-electron chi connectivity index (χ0n) is 14.7. The van der Waals surface area contributed by atoms with Crippen molar-refractivity contribution in [2.24, 2.45) is 0 Å². The van der Waals surface area contributed by atoms with Crippen LogP contribution in [0.15, 0.2) is 42.5 Å². The third kappa shape index (κ3) is 6.33. The molecule has 2 aromatic carbocycles. The second-order valence-corrected chi connectivity index (χ2v) is 7.01. The number of benzene rings is 2. The van der Waals surface area contributed by atoms with Crippen LogP contribution in [-0.4, -0.2) is 32.0 Å². The maximum Gasteiger partial charge on any atom is 0.279 e. The van der Waals surface area contributed by atoms with E-state index in [0.29, 0.717) is 22.3 Å². The third-order valence-corrected chi connectivity index (χ3v) is 4.60. The van der Waals surface area contributed by atoms with Gasteiger partial charge in [0, 0.05) is 12.2 Å². The number of nitrogens with one attached hydrogen (secondary N) is 3. The first-order valence-electron chi connectivity index (χ1n) is 8.22. The van der Waals surface area contributed by atoms with Gasteiger partial charge in [-0.25, -0.2) is 0 Å². The molecule has 1 unspecified atom stereocenters. The molecule has 5 nitrogen and oxygen atoms in total. The lowest BCUT2D eigenvalue weighted by Gasteiger charge is -2.14. The molecular weight excluding hydrogens is 373 g/mol. The van der Waals surface area contributed by atoms with E-state index < -0.39 is 0 Å². The molecule has 2 aromatic rings. The summed E-state index contributed by atoms with van der Waals surface area (Å²) < 4.78 is 0. The number of carbonyl (C=O) groups excluding carboxylic acids is 2. The van der Waals surface area contributed by atoms with Crippen LogP contribution in [0.2, 0.25) is 10.0 Å². The summed E-state index contributed by atoms with van der Waals surface area (Å²) >= 11 is 11.8. The number of aryl methyl sites for hydroxylation is 1. The molecule has 0 saturated heterocycles. The quantitative estimate of drug-likeness (QED) is 0.672. The van der Waals surface area contributed by atoms with Gasteiger partial charge in [0.15, 0.2) is 13.1 Å². The van der Waals surface area contributed by atoms with E-state index in [-0.39, 0.29) is 24.9 Å². The molecule has 2 amide bonds. The number of amides is 2. The van der Waals surface area contributed by atoms with E-state index in [2.05, 4.69) is 10.6 Å². The molecule has 0 aliphatic rings. The van der Waals surface area contributed by atoms with Gasteiger partial charge in [0.2, 0.25) is 0 Å². The minimum atomic E-state index is -0.201. The topological polar surface area (TPSA) is 62.6 Å². The maximum absolute atomic E-state index is 12.1. The fraction of sp³-hybridized carbons (Fsp3) is 0.263. The van der Waals surface area contributed by atoms with Crippen LogP contribution in [0.25, 0.3) is 0 Å². The number of rotatable bonds is 7. The fourth-order valence-electron chi connectivity index (χ4n) is 2.45. The molecule has 1 atom stereocenters. The van der Waals surface area contributed by atoms with Crippen LogP contribution in [0.1, 0.15) is 11.1 Å². The standard InChI is InChI=1S/C19H21Cl2N3O2/c1-13-5-3-4-6-14(13)10-22-18(25)11-24(2)12-19(26)23-15-7-8-16(20)17(21)9-15/h3-9H,10-12H2,1-2H3,(H,22,25)(H,23,26)/p+1. The molecule has 138 valence electrons. The van der Waals surface area contributed by atoms with Crippen LogP contribution in [0.3, 0.4) is 0 Å². The Kier molecular flexibility index (Phi) is 7.45. The molecule has 0 aliphatic carbocycles. The van der Waals surface area contributed by atoms with E-state index in [1.807, 2.05) is 31.2 Å². The number of anilines is 1.